The second-order valence-electron chi connectivity index (χ2n) is 6.48. The summed E-state index contributed by atoms with van der Waals surface area (Å²) in [5.74, 6) is 1.62. The molecule has 0 aromatic rings. The van der Waals surface area contributed by atoms with Gasteiger partial charge in [-0.15, -0.1) is 10.1 Å². The first-order valence-electron chi connectivity index (χ1n) is 8.53. The normalized spacial score (nSPS) is 26.7. The van der Waals surface area contributed by atoms with Gasteiger partial charge < -0.3 is 15.5 Å². The van der Waals surface area contributed by atoms with Gasteiger partial charge in [-0.05, 0) is 31.1 Å². The number of amides is 2. The van der Waals surface area contributed by atoms with Crippen LogP contribution in [-0.4, -0.2) is 41.2 Å². The van der Waals surface area contributed by atoms with Gasteiger partial charge in [0.05, 0.1) is 6.61 Å². The van der Waals surface area contributed by atoms with E-state index in [-0.39, 0.29) is 23.8 Å². The number of nitrogens with one attached hydrogen (secondary N) is 2. The molecule has 1 atom stereocenters. The lowest BCUT2D eigenvalue weighted by atomic mass is 9.80. The Bertz CT molecular complexity index is 454. The highest BCUT2D eigenvalue weighted by Gasteiger charge is 2.28. The summed E-state index contributed by atoms with van der Waals surface area (Å²) in [5.41, 5.74) is 0. The summed E-state index contributed by atoms with van der Waals surface area (Å²) >= 11 is 1.15. The number of nitrogens with zero attached hydrogens (tertiary/aromatic N) is 1. The van der Waals surface area contributed by atoms with Crippen LogP contribution in [0, 0.1) is 22.0 Å². The minimum absolute atomic E-state index is 0.0822. The average molecular weight is 359 g/mol. The maximum atomic E-state index is 11.9. The number of thioether (sulfide) groups is 1. The Labute approximate surface area is 145 Å². The van der Waals surface area contributed by atoms with Gasteiger partial charge in [0, 0.05) is 12.3 Å². The third-order valence-electron chi connectivity index (χ3n) is 4.72. The fourth-order valence-corrected chi connectivity index (χ4v) is 4.07. The van der Waals surface area contributed by atoms with Gasteiger partial charge in [0.2, 0.25) is 5.91 Å². The lowest BCUT2D eigenvalue weighted by molar-refractivity contribution is -0.757. The van der Waals surface area contributed by atoms with Crippen LogP contribution in [0.1, 0.15) is 44.9 Å². The van der Waals surface area contributed by atoms with E-state index in [0.717, 1.165) is 56.7 Å². The molecular formula is C15H25N3O5S. The number of carbonyl (C=O) groups excluding carboxylic acids is 2. The molecule has 136 valence electrons. The maximum absolute atomic E-state index is 11.9. The number of hydrogen-bond acceptors (Lipinski definition) is 6. The predicted octanol–water partition coefficient (Wildman–Crippen LogP) is 2.11. The van der Waals surface area contributed by atoms with Crippen LogP contribution < -0.4 is 10.6 Å². The van der Waals surface area contributed by atoms with E-state index < -0.39 is 5.09 Å². The zero-order valence-electron chi connectivity index (χ0n) is 13.7. The van der Waals surface area contributed by atoms with E-state index in [2.05, 4.69) is 15.5 Å². The molecular weight excluding hydrogens is 334 g/mol. The van der Waals surface area contributed by atoms with Crippen molar-refractivity contribution in [2.24, 2.45) is 11.8 Å². The predicted molar refractivity (Wildman–Crippen MR) is 90.0 cm³/mol. The van der Waals surface area contributed by atoms with Crippen molar-refractivity contribution in [3.63, 3.8) is 0 Å². The Morgan fingerprint density at radius 1 is 1.29 bits per heavy atom. The minimum atomic E-state index is -0.741. The molecule has 0 aromatic carbocycles. The van der Waals surface area contributed by atoms with Gasteiger partial charge in [-0.25, -0.2) is 0 Å². The smallest absolute Gasteiger partial charge is 0.294 e. The molecule has 0 spiro atoms. The first-order chi connectivity index (χ1) is 11.5. The van der Waals surface area contributed by atoms with Gasteiger partial charge in [0.1, 0.15) is 6.04 Å². The minimum Gasteiger partial charge on any atom is -0.354 e. The summed E-state index contributed by atoms with van der Waals surface area (Å²) in [5, 5.41) is 14.8. The fraction of sp³-hybridized carbons (Fsp3) is 0.867. The molecule has 9 heteroatoms. The molecule has 1 heterocycles. The van der Waals surface area contributed by atoms with Gasteiger partial charge >= 0.3 is 0 Å². The Balaban J connectivity index is 1.52. The van der Waals surface area contributed by atoms with Gasteiger partial charge in [-0.2, -0.15) is 0 Å². The summed E-state index contributed by atoms with van der Waals surface area (Å²) in [4.78, 5) is 37.4. The molecule has 1 saturated heterocycles. The van der Waals surface area contributed by atoms with Crippen LogP contribution in [0.3, 0.4) is 0 Å². The molecule has 1 unspecified atom stereocenters. The van der Waals surface area contributed by atoms with E-state index in [4.69, 9.17) is 0 Å². The molecule has 2 fully saturated rings. The van der Waals surface area contributed by atoms with Crippen molar-refractivity contribution in [3.05, 3.63) is 10.1 Å². The molecule has 0 bridgehead atoms. The van der Waals surface area contributed by atoms with Crippen LogP contribution in [0.4, 0.5) is 4.79 Å². The van der Waals surface area contributed by atoms with Crippen LogP contribution in [0.5, 0.6) is 0 Å². The molecule has 2 rings (SSSR count). The highest BCUT2D eigenvalue weighted by atomic mass is 32.2. The average Bonchev–Trinajstić information content (AvgIpc) is 3.00. The molecule has 1 aliphatic carbocycles. The van der Waals surface area contributed by atoms with E-state index in [9.17, 15) is 19.7 Å². The Morgan fingerprint density at radius 3 is 2.62 bits per heavy atom. The van der Waals surface area contributed by atoms with Gasteiger partial charge in [-0.1, -0.05) is 37.4 Å². The first kappa shape index (κ1) is 18.8. The molecule has 1 aliphatic heterocycles. The van der Waals surface area contributed by atoms with E-state index >= 15 is 0 Å². The summed E-state index contributed by atoms with van der Waals surface area (Å²) in [7, 11) is 0. The van der Waals surface area contributed by atoms with E-state index in [0.29, 0.717) is 24.1 Å². The molecule has 2 aliphatic rings. The van der Waals surface area contributed by atoms with E-state index in [1.807, 2.05) is 0 Å². The highest BCUT2D eigenvalue weighted by Crippen LogP contribution is 2.31. The van der Waals surface area contributed by atoms with Crippen LogP contribution in [-0.2, 0) is 9.63 Å². The number of hydrogen-bond donors (Lipinski definition) is 2. The molecule has 0 radical (unpaired) electrons. The Kier molecular flexibility index (Phi) is 7.61. The quantitative estimate of drug-likeness (QED) is 0.371. The monoisotopic (exact) mass is 359 g/mol. The van der Waals surface area contributed by atoms with Crippen molar-refractivity contribution in [1.82, 2.24) is 10.6 Å². The van der Waals surface area contributed by atoms with Crippen molar-refractivity contribution in [3.8, 4) is 0 Å². The number of unbranched alkanes of at least 4 members (excludes halogenated alkanes) is 1. The van der Waals surface area contributed by atoms with Crippen molar-refractivity contribution in [1.29, 1.82) is 0 Å². The van der Waals surface area contributed by atoms with Gasteiger partial charge in [0.25, 0.3) is 10.3 Å². The largest absolute Gasteiger partial charge is 0.354 e. The summed E-state index contributed by atoms with van der Waals surface area (Å²) in [6.07, 6.45) is 7.26. The second kappa shape index (κ2) is 9.71. The third-order valence-corrected chi connectivity index (χ3v) is 5.60. The lowest BCUT2D eigenvalue weighted by Crippen LogP contribution is -2.44. The van der Waals surface area contributed by atoms with E-state index in [1.165, 1.54) is 0 Å². The first-order valence-corrected chi connectivity index (χ1v) is 9.51. The van der Waals surface area contributed by atoms with Crippen molar-refractivity contribution >= 4 is 22.9 Å². The van der Waals surface area contributed by atoms with Crippen LogP contribution in [0.2, 0.25) is 0 Å². The zero-order chi connectivity index (χ0) is 17.4. The topological polar surface area (TPSA) is 111 Å². The molecule has 2 N–H and O–H groups in total. The van der Waals surface area contributed by atoms with Gasteiger partial charge in [-0.3, -0.25) is 9.59 Å². The summed E-state index contributed by atoms with van der Waals surface area (Å²) < 4.78 is 0. The van der Waals surface area contributed by atoms with Crippen LogP contribution in [0.25, 0.3) is 0 Å². The molecule has 1 saturated carbocycles. The maximum Gasteiger partial charge on any atom is 0.294 e. The highest BCUT2D eigenvalue weighted by molar-refractivity contribution is 8.14. The summed E-state index contributed by atoms with van der Waals surface area (Å²) in [6.45, 7) is 0.865. The van der Waals surface area contributed by atoms with Crippen LogP contribution >= 0.6 is 11.8 Å². The summed E-state index contributed by atoms with van der Waals surface area (Å²) in [6, 6.07) is -0.389. The molecule has 24 heavy (non-hydrogen) atoms. The Morgan fingerprint density at radius 2 is 2.00 bits per heavy atom. The SMILES string of the molecule is O=C1NC(C(=O)NCC2CCC(CCCCO[N+](=O)[O-])CC2)CS1. The van der Waals surface area contributed by atoms with E-state index in [1.54, 1.807) is 0 Å². The van der Waals surface area contributed by atoms with Crippen LogP contribution in [0.15, 0.2) is 0 Å². The zero-order valence-corrected chi connectivity index (χ0v) is 14.5. The van der Waals surface area contributed by atoms with Gasteiger partial charge in [0.15, 0.2) is 0 Å². The third kappa shape index (κ3) is 6.54. The second-order valence-corrected chi connectivity index (χ2v) is 7.47. The van der Waals surface area contributed by atoms with Crippen molar-refractivity contribution in [2.75, 3.05) is 18.9 Å². The molecule has 8 nitrogen and oxygen atoms in total. The lowest BCUT2D eigenvalue weighted by Gasteiger charge is -2.29. The fourth-order valence-electron chi connectivity index (χ4n) is 3.29. The standard InChI is InChI=1S/C15H25N3O5S/c19-14(13-10-24-15(20)17-13)16-9-12-6-4-11(5-7-12)3-1-2-8-23-18(21)22/h11-13H,1-10H2,(H,16,19)(H,17,20). The van der Waals surface area contributed by atoms with Crippen molar-refractivity contribution < 1.29 is 19.5 Å². The Hall–Kier alpha value is -1.51. The molecule has 0 aromatic heterocycles. The molecule has 2 amide bonds. The number of rotatable bonds is 9. The van der Waals surface area contributed by atoms with Crippen molar-refractivity contribution in [2.45, 2.75) is 51.0 Å². The number of carbonyl (C=O) groups is 2.